The van der Waals surface area contributed by atoms with Gasteiger partial charge in [-0.25, -0.2) is 0 Å². The van der Waals surface area contributed by atoms with Gasteiger partial charge in [-0.15, -0.1) is 0 Å². The summed E-state index contributed by atoms with van der Waals surface area (Å²) in [6, 6.07) is 20.8. The second-order valence-electron chi connectivity index (χ2n) is 16.7. The summed E-state index contributed by atoms with van der Waals surface area (Å²) in [6.45, 7) is 23.2. The monoisotopic (exact) mass is 735 g/mol. The molecule has 8 unspecified atom stereocenters. The van der Waals surface area contributed by atoms with E-state index in [9.17, 15) is 9.59 Å². The first-order chi connectivity index (χ1) is 25.2. The van der Waals surface area contributed by atoms with Gasteiger partial charge >= 0.3 is 11.9 Å². The lowest BCUT2D eigenvalue weighted by atomic mass is 9.69. The van der Waals surface area contributed by atoms with E-state index in [-0.39, 0.29) is 71.0 Å². The molecule has 0 aliphatic carbocycles. The van der Waals surface area contributed by atoms with Gasteiger partial charge in [0.2, 0.25) is 0 Å². The molecule has 0 amide bonds. The molecule has 2 aliphatic rings. The van der Waals surface area contributed by atoms with E-state index in [1.165, 1.54) is 11.1 Å². The van der Waals surface area contributed by atoms with Crippen LogP contribution in [0.5, 0.6) is 0 Å². The molecule has 2 aromatic rings. The zero-order valence-corrected chi connectivity index (χ0v) is 34.6. The number of hydrogen-bond donors (Lipinski definition) is 0. The van der Waals surface area contributed by atoms with E-state index in [1.807, 2.05) is 12.1 Å². The Hall–Kier alpha value is -2.78. The molecule has 8 nitrogen and oxygen atoms in total. The number of nitrogens with zero attached hydrogens (tertiary/aromatic N) is 2. The molecule has 2 heterocycles. The Bertz CT molecular complexity index is 1330. The van der Waals surface area contributed by atoms with Crippen LogP contribution < -0.4 is 0 Å². The first-order valence-electron chi connectivity index (χ1n) is 20.5. The van der Waals surface area contributed by atoms with Gasteiger partial charge in [0.1, 0.15) is 12.2 Å². The predicted octanol–water partition coefficient (Wildman–Crippen LogP) is 9.69. The van der Waals surface area contributed by atoms with Gasteiger partial charge in [-0.2, -0.15) is 10.1 Å². The van der Waals surface area contributed by atoms with E-state index in [0.717, 1.165) is 38.5 Å². The van der Waals surface area contributed by atoms with Crippen molar-refractivity contribution in [2.75, 3.05) is 13.2 Å². The van der Waals surface area contributed by atoms with Crippen molar-refractivity contribution in [2.24, 2.45) is 11.8 Å². The molecule has 0 N–H and O–H groups in total. The maximum atomic E-state index is 13.3. The fraction of sp³-hybridized carbons (Fsp3) is 0.689. The Morgan fingerprint density at radius 2 is 0.962 bits per heavy atom. The zero-order valence-electron chi connectivity index (χ0n) is 34.6. The molecule has 2 aliphatic heterocycles. The number of rotatable bonds is 18. The summed E-state index contributed by atoms with van der Waals surface area (Å²) in [4.78, 5) is 39.8. The fourth-order valence-corrected chi connectivity index (χ4v) is 8.82. The predicted molar refractivity (Wildman–Crippen MR) is 212 cm³/mol. The van der Waals surface area contributed by atoms with E-state index >= 15 is 0 Å². The summed E-state index contributed by atoms with van der Waals surface area (Å²) in [7, 11) is 0. The number of piperidine rings is 2. The first-order valence-corrected chi connectivity index (χ1v) is 20.5. The first kappa shape index (κ1) is 43.0. The lowest BCUT2D eigenvalue weighted by Crippen LogP contribution is -2.68. The zero-order chi connectivity index (χ0) is 38.9. The molecule has 0 saturated carbocycles. The summed E-state index contributed by atoms with van der Waals surface area (Å²) in [5.74, 6) is -0.380. The van der Waals surface area contributed by atoms with Crippen LogP contribution in [0, 0.1) is 11.8 Å². The second kappa shape index (κ2) is 18.7. The standard InChI is InChI=1S/C45H70N2O6/c1-11-42(7)32-38(34(5)44(9,13-3)46(42)50-30-28-36-22-17-15-18-23-36)52-40(48)26-21-27-41(49)53-39-33-43(8,12-2)47(45(10,14-4)35(39)6)51-31-29-37-24-19-16-20-25-37/h15-20,22-25,34-35,38-39H,11-14,21,26-33H2,1-10H3. The molecular formula is C45H70N2O6. The Kier molecular flexibility index (Phi) is 15.2. The molecule has 0 bridgehead atoms. The average molecular weight is 735 g/mol. The SMILES string of the molecule is CCC1(C)CC(OC(=O)CCCC(=O)OC2CC(C)(CC)N(OCCc3ccccc3)C(C)(CC)C2C)C(C)C(C)(CC)N1OCCc1ccccc1. The average Bonchev–Trinajstić information content (AvgIpc) is 3.16. The molecule has 296 valence electrons. The van der Waals surface area contributed by atoms with Crippen LogP contribution in [0.4, 0.5) is 0 Å². The maximum Gasteiger partial charge on any atom is 0.306 e. The normalized spacial score (nSPS) is 32.3. The highest BCUT2D eigenvalue weighted by atomic mass is 16.7. The number of hydrogen-bond acceptors (Lipinski definition) is 8. The van der Waals surface area contributed by atoms with Gasteiger partial charge < -0.3 is 9.47 Å². The minimum Gasteiger partial charge on any atom is -0.462 e. The smallest absolute Gasteiger partial charge is 0.306 e. The van der Waals surface area contributed by atoms with Crippen LogP contribution in [0.15, 0.2) is 60.7 Å². The van der Waals surface area contributed by atoms with Gasteiger partial charge in [0.25, 0.3) is 0 Å². The van der Waals surface area contributed by atoms with Crippen molar-refractivity contribution >= 4 is 11.9 Å². The van der Waals surface area contributed by atoms with E-state index in [4.69, 9.17) is 19.1 Å². The summed E-state index contributed by atoms with van der Waals surface area (Å²) >= 11 is 0. The highest BCUT2D eigenvalue weighted by Crippen LogP contribution is 2.48. The summed E-state index contributed by atoms with van der Waals surface area (Å²) in [6.07, 6.45) is 6.81. The summed E-state index contributed by atoms with van der Waals surface area (Å²) < 4.78 is 12.5. The molecule has 53 heavy (non-hydrogen) atoms. The van der Waals surface area contributed by atoms with Crippen molar-refractivity contribution in [1.29, 1.82) is 0 Å². The number of hydroxylamine groups is 4. The molecule has 8 heteroatoms. The van der Waals surface area contributed by atoms with Crippen LogP contribution in [0.1, 0.15) is 138 Å². The van der Waals surface area contributed by atoms with Crippen molar-refractivity contribution in [2.45, 2.75) is 174 Å². The molecular weight excluding hydrogens is 665 g/mol. The number of ether oxygens (including phenoxy) is 2. The Morgan fingerprint density at radius 1 is 0.604 bits per heavy atom. The third-order valence-electron chi connectivity index (χ3n) is 13.5. The third kappa shape index (κ3) is 9.91. The van der Waals surface area contributed by atoms with Crippen molar-refractivity contribution in [3.63, 3.8) is 0 Å². The summed E-state index contributed by atoms with van der Waals surface area (Å²) in [5.41, 5.74) is 1.30. The van der Waals surface area contributed by atoms with Crippen LogP contribution in [-0.2, 0) is 41.6 Å². The highest BCUT2D eigenvalue weighted by Gasteiger charge is 2.56. The van der Waals surface area contributed by atoms with E-state index in [2.05, 4.69) is 128 Å². The van der Waals surface area contributed by atoms with Gasteiger partial charge in [0, 0.05) is 59.7 Å². The van der Waals surface area contributed by atoms with E-state index in [0.29, 0.717) is 32.5 Å². The number of benzene rings is 2. The molecule has 2 aromatic carbocycles. The van der Waals surface area contributed by atoms with Gasteiger partial charge in [-0.3, -0.25) is 19.3 Å². The van der Waals surface area contributed by atoms with E-state index in [1.54, 1.807) is 0 Å². The quantitative estimate of drug-likeness (QED) is 0.140. The van der Waals surface area contributed by atoms with Crippen molar-refractivity contribution in [1.82, 2.24) is 10.1 Å². The lowest BCUT2D eigenvalue weighted by Gasteiger charge is -2.58. The van der Waals surface area contributed by atoms with E-state index < -0.39 is 0 Å². The van der Waals surface area contributed by atoms with Crippen LogP contribution in [0.3, 0.4) is 0 Å². The maximum absolute atomic E-state index is 13.3. The number of esters is 2. The molecule has 8 atom stereocenters. The second-order valence-corrected chi connectivity index (χ2v) is 16.7. The minimum atomic E-state index is -0.312. The largest absolute Gasteiger partial charge is 0.462 e. The Labute approximate surface area is 321 Å². The van der Waals surface area contributed by atoms with Gasteiger partial charge in [0.05, 0.1) is 13.2 Å². The Balaban J connectivity index is 1.30. The van der Waals surface area contributed by atoms with Crippen LogP contribution in [-0.4, -0.2) is 69.6 Å². The number of carbonyl (C=O) groups excluding carboxylic acids is 2. The Morgan fingerprint density at radius 3 is 1.28 bits per heavy atom. The molecule has 4 rings (SSSR count). The van der Waals surface area contributed by atoms with Crippen LogP contribution >= 0.6 is 0 Å². The minimum absolute atomic E-state index is 0.0631. The molecule has 2 fully saturated rings. The van der Waals surface area contributed by atoms with Crippen molar-refractivity contribution in [3.8, 4) is 0 Å². The third-order valence-corrected chi connectivity index (χ3v) is 13.5. The molecule has 0 radical (unpaired) electrons. The van der Waals surface area contributed by atoms with Gasteiger partial charge in [-0.1, -0.05) is 102 Å². The number of carbonyl (C=O) groups is 2. The molecule has 0 spiro atoms. The van der Waals surface area contributed by atoms with Crippen LogP contribution in [0.25, 0.3) is 0 Å². The lowest BCUT2D eigenvalue weighted by molar-refractivity contribution is -0.317. The van der Waals surface area contributed by atoms with Gasteiger partial charge in [0.15, 0.2) is 0 Å². The molecule has 0 aromatic heterocycles. The van der Waals surface area contributed by atoms with Crippen molar-refractivity contribution < 1.29 is 28.7 Å². The fourth-order valence-electron chi connectivity index (χ4n) is 8.82. The van der Waals surface area contributed by atoms with Crippen LogP contribution in [0.2, 0.25) is 0 Å². The van der Waals surface area contributed by atoms with Crippen molar-refractivity contribution in [3.05, 3.63) is 71.8 Å². The summed E-state index contributed by atoms with van der Waals surface area (Å²) in [5, 5.41) is 4.45. The highest BCUT2D eigenvalue weighted by molar-refractivity contribution is 5.72. The van der Waals surface area contributed by atoms with Gasteiger partial charge in [-0.05, 0) is 83.8 Å². The molecule has 2 saturated heterocycles. The topological polar surface area (TPSA) is 77.5 Å².